The molecule has 1 aromatic carbocycles. The maximum Gasteiger partial charge on any atom is 0.161 e. The molecular weight excluding hydrogens is 278 g/mol. The van der Waals surface area contributed by atoms with Gasteiger partial charge in [0.15, 0.2) is 11.5 Å². The van der Waals surface area contributed by atoms with Crippen molar-refractivity contribution in [3.05, 3.63) is 35.0 Å². The van der Waals surface area contributed by atoms with Crippen LogP contribution in [0.1, 0.15) is 24.9 Å². The number of fused-ring (bicyclic) bond motifs is 1. The molecule has 2 N–H and O–H groups in total. The zero-order chi connectivity index (χ0) is 14.1. The molecule has 0 amide bonds. The summed E-state index contributed by atoms with van der Waals surface area (Å²) in [6, 6.07) is 5.86. The van der Waals surface area contributed by atoms with Crippen molar-refractivity contribution >= 4 is 17.4 Å². The van der Waals surface area contributed by atoms with E-state index >= 15 is 0 Å². The fourth-order valence-corrected chi connectivity index (χ4v) is 2.37. The highest BCUT2D eigenvalue weighted by Crippen LogP contribution is 2.34. The number of aromatic nitrogens is 2. The lowest BCUT2D eigenvalue weighted by Gasteiger charge is -2.16. The van der Waals surface area contributed by atoms with Crippen LogP contribution in [0.5, 0.6) is 11.5 Å². The maximum atomic E-state index is 5.94. The van der Waals surface area contributed by atoms with Crippen molar-refractivity contribution in [3.8, 4) is 11.5 Å². The van der Waals surface area contributed by atoms with Crippen LogP contribution in [0.25, 0.3) is 0 Å². The van der Waals surface area contributed by atoms with Crippen LogP contribution in [-0.4, -0.2) is 23.0 Å². The van der Waals surface area contributed by atoms with E-state index in [9.17, 15) is 0 Å². The second-order valence-electron chi connectivity index (χ2n) is 4.75. The summed E-state index contributed by atoms with van der Waals surface area (Å²) in [5, 5.41) is 4.67. The molecule has 0 saturated heterocycles. The van der Waals surface area contributed by atoms with Crippen LogP contribution < -0.4 is 15.2 Å². The van der Waals surface area contributed by atoms with Gasteiger partial charge in [0.2, 0.25) is 0 Å². The van der Waals surface area contributed by atoms with Gasteiger partial charge >= 0.3 is 0 Å². The van der Waals surface area contributed by atoms with Gasteiger partial charge in [0.05, 0.1) is 25.5 Å². The van der Waals surface area contributed by atoms with Crippen molar-refractivity contribution < 1.29 is 9.47 Å². The SMILES string of the molecule is CC(c1ccc2c(c1)OCCCO2)n1ncc(Cl)c1N. The number of benzene rings is 1. The minimum atomic E-state index is -0.0281. The Morgan fingerprint density at radius 1 is 1.30 bits per heavy atom. The molecule has 1 aliphatic heterocycles. The first-order valence-corrected chi connectivity index (χ1v) is 6.92. The Kier molecular flexibility index (Phi) is 3.44. The van der Waals surface area contributed by atoms with Gasteiger partial charge in [-0.2, -0.15) is 5.10 Å². The van der Waals surface area contributed by atoms with E-state index in [1.165, 1.54) is 0 Å². The van der Waals surface area contributed by atoms with Crippen molar-refractivity contribution in [1.29, 1.82) is 0 Å². The van der Waals surface area contributed by atoms with Crippen LogP contribution in [0.15, 0.2) is 24.4 Å². The van der Waals surface area contributed by atoms with Gasteiger partial charge in [-0.15, -0.1) is 0 Å². The topological polar surface area (TPSA) is 62.3 Å². The van der Waals surface area contributed by atoms with Gasteiger partial charge in [-0.05, 0) is 24.6 Å². The summed E-state index contributed by atoms with van der Waals surface area (Å²) >= 11 is 5.94. The van der Waals surface area contributed by atoms with Gasteiger partial charge < -0.3 is 15.2 Å². The largest absolute Gasteiger partial charge is 0.490 e. The lowest BCUT2D eigenvalue weighted by molar-refractivity contribution is 0.297. The molecule has 0 aliphatic carbocycles. The standard InChI is InChI=1S/C14H16ClN3O2/c1-9(18-14(16)11(15)8-17-18)10-3-4-12-13(7-10)20-6-2-5-19-12/h3-4,7-9H,2,5-6,16H2,1H3. The maximum absolute atomic E-state index is 5.94. The summed E-state index contributed by atoms with van der Waals surface area (Å²) in [5.74, 6) is 2.01. The van der Waals surface area contributed by atoms with E-state index in [2.05, 4.69) is 5.10 Å². The Labute approximate surface area is 122 Å². The number of hydrogen-bond acceptors (Lipinski definition) is 4. The highest BCUT2D eigenvalue weighted by molar-refractivity contribution is 6.32. The van der Waals surface area contributed by atoms with Crippen LogP contribution in [0.3, 0.4) is 0 Å². The molecule has 2 aromatic rings. The molecule has 6 heteroatoms. The molecule has 1 aliphatic rings. The number of halogens is 1. The zero-order valence-corrected chi connectivity index (χ0v) is 11.9. The Hall–Kier alpha value is -1.88. The summed E-state index contributed by atoms with van der Waals surface area (Å²) in [5.41, 5.74) is 6.96. The smallest absolute Gasteiger partial charge is 0.161 e. The third-order valence-corrected chi connectivity index (χ3v) is 3.70. The second kappa shape index (κ2) is 5.25. The first-order valence-electron chi connectivity index (χ1n) is 6.55. The number of nitrogens with two attached hydrogens (primary N) is 1. The van der Waals surface area contributed by atoms with Gasteiger partial charge in [0.25, 0.3) is 0 Å². The van der Waals surface area contributed by atoms with E-state index < -0.39 is 0 Å². The molecule has 1 aromatic heterocycles. The molecule has 0 bridgehead atoms. The number of hydrogen-bond donors (Lipinski definition) is 1. The fourth-order valence-electron chi connectivity index (χ4n) is 2.24. The fraction of sp³-hybridized carbons (Fsp3) is 0.357. The van der Waals surface area contributed by atoms with Crippen molar-refractivity contribution in [2.24, 2.45) is 0 Å². The molecule has 0 radical (unpaired) electrons. The average molecular weight is 294 g/mol. The highest BCUT2D eigenvalue weighted by Gasteiger charge is 2.17. The van der Waals surface area contributed by atoms with E-state index in [0.717, 1.165) is 23.5 Å². The molecule has 0 saturated carbocycles. The molecule has 5 nitrogen and oxygen atoms in total. The molecule has 0 spiro atoms. The van der Waals surface area contributed by atoms with E-state index in [-0.39, 0.29) is 6.04 Å². The third kappa shape index (κ3) is 2.29. The monoisotopic (exact) mass is 293 g/mol. The first-order chi connectivity index (χ1) is 9.66. The van der Waals surface area contributed by atoms with Crippen LogP contribution in [0.2, 0.25) is 5.02 Å². The van der Waals surface area contributed by atoms with E-state index in [0.29, 0.717) is 24.1 Å². The number of anilines is 1. The van der Waals surface area contributed by atoms with Gasteiger partial charge in [-0.25, -0.2) is 4.68 Å². The van der Waals surface area contributed by atoms with Crippen LogP contribution in [0, 0.1) is 0 Å². The summed E-state index contributed by atoms with van der Waals surface area (Å²) in [6.07, 6.45) is 2.44. The van der Waals surface area contributed by atoms with Crippen molar-refractivity contribution in [2.45, 2.75) is 19.4 Å². The summed E-state index contributed by atoms with van der Waals surface area (Å²) in [6.45, 7) is 3.36. The molecule has 1 unspecified atom stereocenters. The number of ether oxygens (including phenoxy) is 2. The number of nitrogens with zero attached hydrogens (tertiary/aromatic N) is 2. The molecule has 106 valence electrons. The highest BCUT2D eigenvalue weighted by atomic mass is 35.5. The molecule has 3 rings (SSSR count). The lowest BCUT2D eigenvalue weighted by atomic mass is 10.1. The molecular formula is C14H16ClN3O2. The minimum Gasteiger partial charge on any atom is -0.490 e. The molecule has 1 atom stereocenters. The van der Waals surface area contributed by atoms with Gasteiger partial charge in [-0.1, -0.05) is 17.7 Å². The molecule has 2 heterocycles. The quantitative estimate of drug-likeness (QED) is 0.925. The van der Waals surface area contributed by atoms with E-state index in [1.54, 1.807) is 10.9 Å². The first kappa shape index (κ1) is 13.1. The number of rotatable bonds is 2. The lowest BCUT2D eigenvalue weighted by Crippen LogP contribution is -2.11. The Balaban J connectivity index is 1.94. The van der Waals surface area contributed by atoms with Crippen LogP contribution in [0.4, 0.5) is 5.82 Å². The van der Waals surface area contributed by atoms with Crippen molar-refractivity contribution in [2.75, 3.05) is 18.9 Å². The van der Waals surface area contributed by atoms with Gasteiger partial charge in [-0.3, -0.25) is 0 Å². The van der Waals surface area contributed by atoms with Gasteiger partial charge in [0.1, 0.15) is 10.8 Å². The minimum absolute atomic E-state index is 0.0281. The Morgan fingerprint density at radius 3 is 2.75 bits per heavy atom. The Bertz CT molecular complexity index is 627. The zero-order valence-electron chi connectivity index (χ0n) is 11.2. The van der Waals surface area contributed by atoms with Gasteiger partial charge in [0, 0.05) is 6.42 Å². The predicted molar refractivity (Wildman–Crippen MR) is 77.5 cm³/mol. The second-order valence-corrected chi connectivity index (χ2v) is 5.16. The average Bonchev–Trinajstić information content (AvgIpc) is 2.68. The molecule has 20 heavy (non-hydrogen) atoms. The number of nitrogen functional groups attached to an aromatic ring is 1. The van der Waals surface area contributed by atoms with Crippen molar-refractivity contribution in [3.63, 3.8) is 0 Å². The van der Waals surface area contributed by atoms with Crippen LogP contribution in [-0.2, 0) is 0 Å². The summed E-state index contributed by atoms with van der Waals surface area (Å²) in [7, 11) is 0. The third-order valence-electron chi connectivity index (χ3n) is 3.41. The Morgan fingerprint density at radius 2 is 2.05 bits per heavy atom. The summed E-state index contributed by atoms with van der Waals surface area (Å²) < 4.78 is 13.0. The van der Waals surface area contributed by atoms with Crippen molar-refractivity contribution in [1.82, 2.24) is 9.78 Å². The summed E-state index contributed by atoms with van der Waals surface area (Å²) in [4.78, 5) is 0. The normalized spacial score (nSPS) is 15.7. The van der Waals surface area contributed by atoms with Crippen LogP contribution >= 0.6 is 11.6 Å². The van der Waals surface area contributed by atoms with E-state index in [1.807, 2.05) is 25.1 Å². The van der Waals surface area contributed by atoms with E-state index in [4.69, 9.17) is 26.8 Å². The predicted octanol–water partition coefficient (Wildman–Crippen LogP) is 2.89. The molecule has 0 fully saturated rings.